The fourth-order valence-corrected chi connectivity index (χ4v) is 1.05. The molecule has 0 aliphatic rings. The van der Waals surface area contributed by atoms with Gasteiger partial charge in [-0.2, -0.15) is 0 Å². The average molecular weight is 195 g/mol. The molecule has 0 heterocycles. The van der Waals surface area contributed by atoms with E-state index in [-0.39, 0.29) is 0 Å². The van der Waals surface area contributed by atoms with E-state index in [1.807, 2.05) is 24.3 Å². The fourth-order valence-electron chi connectivity index (χ4n) is 0.953. The predicted molar refractivity (Wildman–Crippen MR) is 55.2 cm³/mol. The van der Waals surface area contributed by atoms with E-state index in [1.54, 1.807) is 7.11 Å². The molecule has 0 N–H and O–H groups in total. The minimum absolute atomic E-state index is 0.572. The van der Waals surface area contributed by atoms with Crippen LogP contribution < -0.4 is 4.74 Å². The van der Waals surface area contributed by atoms with Crippen molar-refractivity contribution >= 4 is 11.6 Å². The summed E-state index contributed by atoms with van der Waals surface area (Å²) < 4.78 is 5.14. The van der Waals surface area contributed by atoms with Crippen molar-refractivity contribution in [1.82, 2.24) is 0 Å². The largest absolute Gasteiger partial charge is 0.495 e. The molecule has 2 heteroatoms. The van der Waals surface area contributed by atoms with E-state index in [9.17, 15) is 0 Å². The third-order valence-electron chi connectivity index (χ3n) is 1.55. The topological polar surface area (TPSA) is 9.23 Å². The third-order valence-corrected chi connectivity index (χ3v) is 1.74. The Morgan fingerprint density at radius 2 is 2.15 bits per heavy atom. The van der Waals surface area contributed by atoms with Crippen LogP contribution in [-0.2, 0) is 0 Å². The first kappa shape index (κ1) is 9.95. The van der Waals surface area contributed by atoms with E-state index in [2.05, 4.69) is 11.8 Å². The van der Waals surface area contributed by atoms with Crippen LogP contribution in [0.3, 0.4) is 0 Å². The zero-order valence-corrected chi connectivity index (χ0v) is 8.27. The number of methoxy groups -OCH3 is 1. The van der Waals surface area contributed by atoms with E-state index in [0.717, 1.165) is 11.3 Å². The molecule has 0 aliphatic heterocycles. The second-order valence-corrected chi connectivity index (χ2v) is 2.82. The average Bonchev–Trinajstić information content (AvgIpc) is 2.19. The van der Waals surface area contributed by atoms with E-state index in [4.69, 9.17) is 16.3 Å². The van der Waals surface area contributed by atoms with E-state index in [1.165, 1.54) is 0 Å². The van der Waals surface area contributed by atoms with Crippen LogP contribution in [0.15, 0.2) is 24.3 Å². The second kappa shape index (κ2) is 5.50. The number of alkyl halides is 1. The molecular formula is C11H11ClO. The summed E-state index contributed by atoms with van der Waals surface area (Å²) in [7, 11) is 1.64. The predicted octanol–water partition coefficient (Wildman–Crippen LogP) is 2.68. The molecule has 0 saturated carbocycles. The number of rotatable bonds is 2. The Hall–Kier alpha value is -1.13. The highest BCUT2D eigenvalue weighted by Gasteiger charge is 1.95. The fraction of sp³-hybridized carbons (Fsp3) is 0.273. The molecule has 0 amide bonds. The highest BCUT2D eigenvalue weighted by molar-refractivity contribution is 6.18. The monoisotopic (exact) mass is 194 g/mol. The molecule has 1 nitrogen and oxygen atoms in total. The SMILES string of the molecule is COc1ccccc1C#CCCCl. The molecule has 0 spiro atoms. The summed E-state index contributed by atoms with van der Waals surface area (Å²) in [5.74, 6) is 7.35. The summed E-state index contributed by atoms with van der Waals surface area (Å²) in [6.07, 6.45) is 0.708. The number of hydrogen-bond acceptors (Lipinski definition) is 1. The van der Waals surface area contributed by atoms with Crippen molar-refractivity contribution in [3.05, 3.63) is 29.8 Å². The van der Waals surface area contributed by atoms with Gasteiger partial charge in [-0.3, -0.25) is 0 Å². The lowest BCUT2D eigenvalue weighted by Gasteiger charge is -2.00. The third kappa shape index (κ3) is 3.01. The number of halogens is 1. The van der Waals surface area contributed by atoms with Gasteiger partial charge >= 0.3 is 0 Å². The number of para-hydroxylation sites is 1. The van der Waals surface area contributed by atoms with Crippen LogP contribution in [0.5, 0.6) is 5.75 Å². The van der Waals surface area contributed by atoms with Gasteiger partial charge in [0, 0.05) is 12.3 Å². The molecule has 68 valence electrons. The van der Waals surface area contributed by atoms with Gasteiger partial charge in [-0.05, 0) is 12.1 Å². The highest BCUT2D eigenvalue weighted by atomic mass is 35.5. The molecule has 0 saturated heterocycles. The number of hydrogen-bond donors (Lipinski definition) is 0. The van der Waals surface area contributed by atoms with Gasteiger partial charge in [-0.15, -0.1) is 11.6 Å². The summed E-state index contributed by atoms with van der Waals surface area (Å²) in [6.45, 7) is 0. The molecule has 0 bridgehead atoms. The molecule has 1 aromatic rings. The van der Waals surface area contributed by atoms with Crippen molar-refractivity contribution in [2.75, 3.05) is 13.0 Å². The maximum atomic E-state index is 5.51. The minimum Gasteiger partial charge on any atom is -0.495 e. The van der Waals surface area contributed by atoms with Crippen molar-refractivity contribution in [3.8, 4) is 17.6 Å². The Morgan fingerprint density at radius 1 is 1.38 bits per heavy atom. The van der Waals surface area contributed by atoms with Crippen LogP contribution in [-0.4, -0.2) is 13.0 Å². The maximum absolute atomic E-state index is 5.51. The summed E-state index contributed by atoms with van der Waals surface area (Å²) in [4.78, 5) is 0. The molecule has 0 radical (unpaired) electrons. The molecule has 0 atom stereocenters. The summed E-state index contributed by atoms with van der Waals surface area (Å²) in [5.41, 5.74) is 0.912. The Labute approximate surface area is 83.7 Å². The summed E-state index contributed by atoms with van der Waals surface area (Å²) in [5, 5.41) is 0. The Bertz CT molecular complexity index is 322. The van der Waals surface area contributed by atoms with Gasteiger partial charge in [-0.1, -0.05) is 24.0 Å². The standard InChI is InChI=1S/C11H11ClO/c1-13-11-8-3-2-6-10(11)7-4-5-9-12/h2-3,6,8H,5,9H2,1H3. The van der Waals surface area contributed by atoms with Crippen LogP contribution in [0.1, 0.15) is 12.0 Å². The molecule has 0 aliphatic carbocycles. The van der Waals surface area contributed by atoms with Crippen LogP contribution in [0.2, 0.25) is 0 Å². The van der Waals surface area contributed by atoms with Crippen molar-refractivity contribution in [1.29, 1.82) is 0 Å². The lowest BCUT2D eigenvalue weighted by atomic mass is 10.2. The minimum atomic E-state index is 0.572. The molecule has 13 heavy (non-hydrogen) atoms. The van der Waals surface area contributed by atoms with Crippen molar-refractivity contribution in [2.45, 2.75) is 6.42 Å². The molecule has 0 unspecified atom stereocenters. The van der Waals surface area contributed by atoms with Crippen LogP contribution in [0, 0.1) is 11.8 Å². The lowest BCUT2D eigenvalue weighted by molar-refractivity contribution is 0.413. The maximum Gasteiger partial charge on any atom is 0.134 e. The number of ether oxygens (including phenoxy) is 1. The van der Waals surface area contributed by atoms with Gasteiger partial charge in [0.15, 0.2) is 0 Å². The first-order valence-corrected chi connectivity index (χ1v) is 4.60. The van der Waals surface area contributed by atoms with Crippen LogP contribution in [0.25, 0.3) is 0 Å². The van der Waals surface area contributed by atoms with E-state index in [0.29, 0.717) is 12.3 Å². The lowest BCUT2D eigenvalue weighted by Crippen LogP contribution is -1.86. The summed E-state index contributed by atoms with van der Waals surface area (Å²) in [6, 6.07) is 7.68. The molecule has 0 fully saturated rings. The van der Waals surface area contributed by atoms with E-state index >= 15 is 0 Å². The van der Waals surface area contributed by atoms with Crippen molar-refractivity contribution in [2.24, 2.45) is 0 Å². The van der Waals surface area contributed by atoms with Crippen LogP contribution >= 0.6 is 11.6 Å². The molecule has 1 aromatic carbocycles. The quantitative estimate of drug-likeness (QED) is 0.520. The molecule has 0 aromatic heterocycles. The number of benzene rings is 1. The zero-order chi connectivity index (χ0) is 9.52. The van der Waals surface area contributed by atoms with Gasteiger partial charge in [0.05, 0.1) is 12.7 Å². The van der Waals surface area contributed by atoms with Gasteiger partial charge in [-0.25, -0.2) is 0 Å². The van der Waals surface area contributed by atoms with Gasteiger partial charge in [0.2, 0.25) is 0 Å². The highest BCUT2D eigenvalue weighted by Crippen LogP contribution is 2.15. The Balaban J connectivity index is 2.82. The first-order valence-electron chi connectivity index (χ1n) is 4.06. The Morgan fingerprint density at radius 3 is 2.85 bits per heavy atom. The molecular weight excluding hydrogens is 184 g/mol. The smallest absolute Gasteiger partial charge is 0.134 e. The van der Waals surface area contributed by atoms with Crippen LogP contribution in [0.4, 0.5) is 0 Å². The van der Waals surface area contributed by atoms with Gasteiger partial charge in [0.25, 0.3) is 0 Å². The normalized spacial score (nSPS) is 8.77. The van der Waals surface area contributed by atoms with Crippen molar-refractivity contribution in [3.63, 3.8) is 0 Å². The van der Waals surface area contributed by atoms with Gasteiger partial charge < -0.3 is 4.74 Å². The summed E-state index contributed by atoms with van der Waals surface area (Å²) >= 11 is 5.51. The second-order valence-electron chi connectivity index (χ2n) is 2.44. The van der Waals surface area contributed by atoms with Gasteiger partial charge in [0.1, 0.15) is 5.75 Å². The Kier molecular flexibility index (Phi) is 4.21. The van der Waals surface area contributed by atoms with E-state index < -0.39 is 0 Å². The first-order chi connectivity index (χ1) is 6.38. The zero-order valence-electron chi connectivity index (χ0n) is 7.51. The van der Waals surface area contributed by atoms with Crippen molar-refractivity contribution < 1.29 is 4.74 Å². The molecule has 1 rings (SSSR count).